The van der Waals surface area contributed by atoms with Crippen molar-refractivity contribution in [1.29, 1.82) is 0 Å². The molecule has 0 unspecified atom stereocenters. The first kappa shape index (κ1) is 16.0. The number of fused-ring (bicyclic) bond motifs is 1. The van der Waals surface area contributed by atoms with Crippen LogP contribution in [0.25, 0.3) is 10.2 Å². The molecule has 0 radical (unpaired) electrons. The molecule has 4 nitrogen and oxygen atoms in total. The van der Waals surface area contributed by atoms with Gasteiger partial charge in [0.15, 0.2) is 4.80 Å². The lowest BCUT2D eigenvalue weighted by molar-refractivity contribution is 0.0997. The van der Waals surface area contributed by atoms with E-state index in [0.29, 0.717) is 10.6 Å². The number of ether oxygens (including phenoxy) is 1. The summed E-state index contributed by atoms with van der Waals surface area (Å²) in [6.45, 7) is 0.246. The number of methoxy groups -OCH3 is 1. The van der Waals surface area contributed by atoms with E-state index in [9.17, 15) is 9.18 Å². The summed E-state index contributed by atoms with van der Waals surface area (Å²) in [6, 6.07) is 11.0. The Bertz CT molecular complexity index is 1030. The quantitative estimate of drug-likeness (QED) is 0.687. The highest BCUT2D eigenvalue weighted by molar-refractivity contribution is 7.16. The van der Waals surface area contributed by atoms with Gasteiger partial charge in [-0.05, 0) is 30.3 Å². The lowest BCUT2D eigenvalue weighted by Crippen LogP contribution is -2.16. The smallest absolute Gasteiger partial charge is 0.279 e. The topological polar surface area (TPSA) is 43.6 Å². The number of hydrogen-bond donors (Lipinski definition) is 0. The Balaban J connectivity index is 2.20. The summed E-state index contributed by atoms with van der Waals surface area (Å²) in [4.78, 5) is 16.9. The summed E-state index contributed by atoms with van der Waals surface area (Å²) in [7, 11) is 1.57. The molecule has 6 heteroatoms. The molecule has 1 amide bonds. The van der Waals surface area contributed by atoms with Crippen molar-refractivity contribution in [3.8, 4) is 18.1 Å². The molecule has 0 saturated carbocycles. The molecule has 0 aliphatic carbocycles. The van der Waals surface area contributed by atoms with Gasteiger partial charge in [0.25, 0.3) is 5.91 Å². The van der Waals surface area contributed by atoms with Gasteiger partial charge in [0, 0.05) is 5.56 Å². The van der Waals surface area contributed by atoms with Gasteiger partial charge in [0.1, 0.15) is 17.1 Å². The predicted molar refractivity (Wildman–Crippen MR) is 91.5 cm³/mol. The molecule has 0 atom stereocenters. The first-order valence-corrected chi connectivity index (χ1v) is 7.90. The van der Waals surface area contributed by atoms with E-state index < -0.39 is 11.7 Å². The van der Waals surface area contributed by atoms with Crippen molar-refractivity contribution in [2.45, 2.75) is 6.54 Å². The third kappa shape index (κ3) is 2.94. The van der Waals surface area contributed by atoms with E-state index in [-0.39, 0.29) is 12.1 Å². The number of amides is 1. The van der Waals surface area contributed by atoms with Crippen molar-refractivity contribution in [3.05, 3.63) is 58.6 Å². The maximum Gasteiger partial charge on any atom is 0.279 e. The average Bonchev–Trinajstić information content (AvgIpc) is 2.92. The number of terminal acetylenes is 1. The van der Waals surface area contributed by atoms with Crippen LogP contribution in [0.5, 0.6) is 5.75 Å². The van der Waals surface area contributed by atoms with E-state index in [4.69, 9.17) is 11.2 Å². The van der Waals surface area contributed by atoms with Crippen molar-refractivity contribution in [2.24, 2.45) is 4.99 Å². The standard InChI is InChI=1S/C18H13FN2O2S/c1-3-10-21-16-14(23-2)8-5-9-15(16)24-18(21)20-17(22)12-6-4-7-13(19)11-12/h1,4-9,11H,10H2,2H3. The molecular weight excluding hydrogens is 327 g/mol. The number of halogens is 1. The van der Waals surface area contributed by atoms with Crippen LogP contribution in [-0.4, -0.2) is 17.6 Å². The van der Waals surface area contributed by atoms with Gasteiger partial charge in [-0.3, -0.25) is 4.79 Å². The SMILES string of the molecule is C#CCn1c(=NC(=O)c2cccc(F)c2)sc2cccc(OC)c21. The van der Waals surface area contributed by atoms with E-state index in [1.165, 1.54) is 29.5 Å². The van der Waals surface area contributed by atoms with Crippen LogP contribution in [0.15, 0.2) is 47.5 Å². The summed E-state index contributed by atoms with van der Waals surface area (Å²) in [6.07, 6.45) is 5.45. The second kappa shape index (κ2) is 6.69. The van der Waals surface area contributed by atoms with Crippen LogP contribution in [0.4, 0.5) is 4.39 Å². The van der Waals surface area contributed by atoms with E-state index in [2.05, 4.69) is 10.9 Å². The molecule has 2 aromatic carbocycles. The second-order valence-electron chi connectivity index (χ2n) is 4.91. The number of carbonyl (C=O) groups is 1. The molecule has 0 spiro atoms. The Hall–Kier alpha value is -2.91. The minimum absolute atomic E-state index is 0.187. The number of thiazole rings is 1. The minimum atomic E-state index is -0.522. The van der Waals surface area contributed by atoms with E-state index >= 15 is 0 Å². The van der Waals surface area contributed by atoms with E-state index in [1.54, 1.807) is 11.7 Å². The van der Waals surface area contributed by atoms with E-state index in [1.807, 2.05) is 18.2 Å². The molecule has 0 saturated heterocycles. The largest absolute Gasteiger partial charge is 0.495 e. The van der Waals surface area contributed by atoms with Gasteiger partial charge in [-0.1, -0.05) is 29.4 Å². The van der Waals surface area contributed by atoms with Gasteiger partial charge < -0.3 is 9.30 Å². The van der Waals surface area contributed by atoms with Crippen molar-refractivity contribution >= 4 is 27.5 Å². The number of benzene rings is 2. The lowest BCUT2D eigenvalue weighted by Gasteiger charge is -2.05. The molecule has 24 heavy (non-hydrogen) atoms. The molecule has 0 N–H and O–H groups in total. The van der Waals surface area contributed by atoms with Crippen LogP contribution in [0.3, 0.4) is 0 Å². The normalized spacial score (nSPS) is 11.5. The first-order valence-electron chi connectivity index (χ1n) is 7.08. The van der Waals surface area contributed by atoms with Gasteiger partial charge in [-0.15, -0.1) is 6.42 Å². The molecule has 3 aromatic rings. The highest BCUT2D eigenvalue weighted by atomic mass is 32.1. The molecule has 1 heterocycles. The fraction of sp³-hybridized carbons (Fsp3) is 0.111. The molecule has 0 aliphatic heterocycles. The van der Waals surface area contributed by atoms with Gasteiger partial charge in [0.2, 0.25) is 0 Å². The molecule has 120 valence electrons. The molecule has 1 aromatic heterocycles. The predicted octanol–water partition coefficient (Wildman–Crippen LogP) is 3.22. The van der Waals surface area contributed by atoms with Crippen molar-refractivity contribution in [2.75, 3.05) is 7.11 Å². The molecular formula is C18H13FN2O2S. The number of nitrogens with zero attached hydrogens (tertiary/aromatic N) is 2. The fourth-order valence-electron chi connectivity index (χ4n) is 2.36. The fourth-order valence-corrected chi connectivity index (χ4v) is 3.40. The van der Waals surface area contributed by atoms with Gasteiger partial charge in [0.05, 0.1) is 18.4 Å². The Morgan fingerprint density at radius 3 is 2.88 bits per heavy atom. The lowest BCUT2D eigenvalue weighted by atomic mass is 10.2. The maximum absolute atomic E-state index is 13.3. The highest BCUT2D eigenvalue weighted by Crippen LogP contribution is 2.27. The first-order chi connectivity index (χ1) is 11.6. The van der Waals surface area contributed by atoms with Gasteiger partial charge >= 0.3 is 0 Å². The van der Waals surface area contributed by atoms with E-state index in [0.717, 1.165) is 16.3 Å². The zero-order valence-electron chi connectivity index (χ0n) is 12.8. The van der Waals surface area contributed by atoms with Crippen molar-refractivity contribution in [1.82, 2.24) is 4.57 Å². The molecule has 0 aliphatic rings. The number of aromatic nitrogens is 1. The van der Waals surface area contributed by atoms with Crippen LogP contribution in [0, 0.1) is 18.2 Å². The maximum atomic E-state index is 13.3. The molecule has 0 fully saturated rings. The second-order valence-corrected chi connectivity index (χ2v) is 5.92. The highest BCUT2D eigenvalue weighted by Gasteiger charge is 2.12. The summed E-state index contributed by atoms with van der Waals surface area (Å²) in [5.41, 5.74) is 0.973. The van der Waals surface area contributed by atoms with Crippen molar-refractivity contribution in [3.63, 3.8) is 0 Å². The van der Waals surface area contributed by atoms with Gasteiger partial charge in [-0.2, -0.15) is 4.99 Å². The van der Waals surface area contributed by atoms with Crippen LogP contribution >= 0.6 is 11.3 Å². The zero-order valence-corrected chi connectivity index (χ0v) is 13.6. The number of hydrogen-bond acceptors (Lipinski definition) is 3. The Kier molecular flexibility index (Phi) is 4.45. The zero-order chi connectivity index (χ0) is 17.1. The Morgan fingerprint density at radius 2 is 2.17 bits per heavy atom. The van der Waals surface area contributed by atoms with Crippen LogP contribution in [0.1, 0.15) is 10.4 Å². The van der Waals surface area contributed by atoms with Crippen LogP contribution in [0.2, 0.25) is 0 Å². The Morgan fingerprint density at radius 1 is 1.38 bits per heavy atom. The van der Waals surface area contributed by atoms with Gasteiger partial charge in [-0.25, -0.2) is 4.39 Å². The monoisotopic (exact) mass is 340 g/mol. The minimum Gasteiger partial charge on any atom is -0.495 e. The molecule has 3 rings (SSSR count). The number of para-hydroxylation sites is 1. The molecule has 0 bridgehead atoms. The summed E-state index contributed by atoms with van der Waals surface area (Å²) >= 11 is 1.33. The summed E-state index contributed by atoms with van der Waals surface area (Å²) < 4.78 is 21.3. The van der Waals surface area contributed by atoms with Crippen LogP contribution in [-0.2, 0) is 6.54 Å². The third-order valence-corrected chi connectivity index (χ3v) is 4.45. The summed E-state index contributed by atoms with van der Waals surface area (Å²) in [5.74, 6) is 2.21. The average molecular weight is 340 g/mol. The Labute approximate surface area is 141 Å². The van der Waals surface area contributed by atoms with Crippen LogP contribution < -0.4 is 9.54 Å². The third-order valence-electron chi connectivity index (χ3n) is 3.40. The number of rotatable bonds is 3. The van der Waals surface area contributed by atoms with Crippen molar-refractivity contribution < 1.29 is 13.9 Å². The number of carbonyl (C=O) groups excluding carboxylic acids is 1. The summed E-state index contributed by atoms with van der Waals surface area (Å²) in [5, 5.41) is 0.